The molecule has 0 unspecified atom stereocenters. The van der Waals surface area contributed by atoms with Crippen LogP contribution in [0.2, 0.25) is 0 Å². The Morgan fingerprint density at radius 3 is 2.31 bits per heavy atom. The number of ether oxygens (including phenoxy) is 2. The third-order valence-corrected chi connectivity index (χ3v) is 6.49. The van der Waals surface area contributed by atoms with Crippen molar-refractivity contribution in [3.05, 3.63) is 59.2 Å². The molecule has 1 N–H and O–H groups in total. The van der Waals surface area contributed by atoms with E-state index in [9.17, 15) is 14.7 Å². The second-order valence-corrected chi connectivity index (χ2v) is 10.9. The van der Waals surface area contributed by atoms with Crippen LogP contribution >= 0.6 is 0 Å². The second-order valence-electron chi connectivity index (χ2n) is 10.9. The van der Waals surface area contributed by atoms with Gasteiger partial charge in [0.05, 0.1) is 12.6 Å². The van der Waals surface area contributed by atoms with Crippen molar-refractivity contribution in [2.75, 3.05) is 20.2 Å². The zero-order valence-electron chi connectivity index (χ0n) is 21.9. The first-order chi connectivity index (χ1) is 16.3. The summed E-state index contributed by atoms with van der Waals surface area (Å²) in [5.41, 5.74) is 2.00. The van der Waals surface area contributed by atoms with Crippen molar-refractivity contribution in [2.24, 2.45) is 0 Å². The number of carboxylic acid groups (broad SMARTS) is 1. The molecule has 35 heavy (non-hydrogen) atoms. The highest BCUT2D eigenvalue weighted by molar-refractivity contribution is 5.77. The van der Waals surface area contributed by atoms with Gasteiger partial charge < -0.3 is 24.4 Å². The van der Waals surface area contributed by atoms with Crippen LogP contribution in [0.3, 0.4) is 0 Å². The van der Waals surface area contributed by atoms with Gasteiger partial charge in [-0.1, -0.05) is 45.0 Å². The van der Waals surface area contributed by atoms with Crippen LogP contribution in [0.4, 0.5) is 4.79 Å². The summed E-state index contributed by atoms with van der Waals surface area (Å²) < 4.78 is 11.6. The molecule has 2 aromatic rings. The average molecular weight is 483 g/mol. The molecular weight excluding hydrogens is 444 g/mol. The number of urea groups is 1. The molecule has 1 heterocycles. The number of hydrogen-bond donors (Lipinski definition) is 1. The minimum absolute atomic E-state index is 0.0355. The Labute approximate surface area is 208 Å². The van der Waals surface area contributed by atoms with Crippen LogP contribution < -0.4 is 9.47 Å². The third-order valence-electron chi connectivity index (χ3n) is 6.49. The van der Waals surface area contributed by atoms with E-state index in [0.29, 0.717) is 37.6 Å². The van der Waals surface area contributed by atoms with E-state index in [1.165, 1.54) is 19.4 Å². The number of carbonyl (C=O) groups is 2. The molecule has 0 aromatic heterocycles. The van der Waals surface area contributed by atoms with Gasteiger partial charge in [0.2, 0.25) is 0 Å². The maximum Gasteiger partial charge on any atom is 0.347 e. The van der Waals surface area contributed by atoms with Crippen LogP contribution in [-0.4, -0.2) is 58.7 Å². The van der Waals surface area contributed by atoms with Crippen molar-refractivity contribution < 1.29 is 24.2 Å². The van der Waals surface area contributed by atoms with Crippen LogP contribution in [0.25, 0.3) is 0 Å². The van der Waals surface area contributed by atoms with E-state index in [4.69, 9.17) is 9.47 Å². The van der Waals surface area contributed by atoms with E-state index in [-0.39, 0.29) is 17.5 Å². The van der Waals surface area contributed by atoms with Gasteiger partial charge in [-0.2, -0.15) is 0 Å². The van der Waals surface area contributed by atoms with E-state index < -0.39 is 11.6 Å². The fourth-order valence-electron chi connectivity index (χ4n) is 4.04. The summed E-state index contributed by atoms with van der Waals surface area (Å²) in [5.74, 6) is 0.172. The molecule has 1 aliphatic rings. The summed E-state index contributed by atoms with van der Waals surface area (Å²) in [7, 11) is 1.84. The lowest BCUT2D eigenvalue weighted by atomic mass is 9.87. The highest BCUT2D eigenvalue weighted by Crippen LogP contribution is 2.28. The number of likely N-dealkylation sites (N-methyl/N-ethyl adjacent to an activating group) is 1. The van der Waals surface area contributed by atoms with Crippen molar-refractivity contribution in [3.63, 3.8) is 0 Å². The number of benzene rings is 2. The lowest BCUT2D eigenvalue weighted by Gasteiger charge is -2.23. The first-order valence-corrected chi connectivity index (χ1v) is 12.0. The number of rotatable bonds is 9. The largest absolute Gasteiger partial charge is 0.494 e. The number of nitrogens with zero attached hydrogens (tertiary/aromatic N) is 2. The number of aryl methyl sites for hydroxylation is 1. The molecule has 1 fully saturated rings. The number of carbonyl (C=O) groups excluding carboxylic acids is 1. The second kappa shape index (κ2) is 10.2. The molecule has 2 aromatic carbocycles. The SMILES string of the molecule is Cc1cc(OCC[C@H]2CN(Cc3ccc(C(C)(C)C)cc3)C(=O)N2C)ccc1OC(C)(C)C(=O)O. The fourth-order valence-corrected chi connectivity index (χ4v) is 4.04. The van der Waals surface area contributed by atoms with Gasteiger partial charge in [0, 0.05) is 26.6 Å². The van der Waals surface area contributed by atoms with E-state index in [1.54, 1.807) is 17.0 Å². The number of aliphatic carboxylic acids is 1. The summed E-state index contributed by atoms with van der Waals surface area (Å²) in [6.45, 7) is 13.2. The quantitative estimate of drug-likeness (QED) is 0.529. The predicted molar refractivity (Wildman–Crippen MR) is 136 cm³/mol. The summed E-state index contributed by atoms with van der Waals surface area (Å²) in [5, 5.41) is 9.27. The molecule has 3 rings (SSSR count). The molecule has 1 aliphatic heterocycles. The summed E-state index contributed by atoms with van der Waals surface area (Å²) in [6.07, 6.45) is 0.713. The first-order valence-electron chi connectivity index (χ1n) is 12.0. The molecule has 1 atom stereocenters. The van der Waals surface area contributed by atoms with Gasteiger partial charge in [-0.15, -0.1) is 0 Å². The van der Waals surface area contributed by atoms with Gasteiger partial charge in [0.1, 0.15) is 11.5 Å². The van der Waals surface area contributed by atoms with Crippen molar-refractivity contribution in [2.45, 2.75) is 71.6 Å². The summed E-state index contributed by atoms with van der Waals surface area (Å²) in [4.78, 5) is 27.8. The Morgan fingerprint density at radius 1 is 1.09 bits per heavy atom. The van der Waals surface area contributed by atoms with Crippen molar-refractivity contribution in [1.29, 1.82) is 0 Å². The Balaban J connectivity index is 1.53. The van der Waals surface area contributed by atoms with Crippen LogP contribution in [0.1, 0.15) is 57.7 Å². The molecule has 190 valence electrons. The molecule has 0 radical (unpaired) electrons. The van der Waals surface area contributed by atoms with E-state index >= 15 is 0 Å². The lowest BCUT2D eigenvalue weighted by Crippen LogP contribution is -2.38. The molecule has 7 heteroatoms. The summed E-state index contributed by atoms with van der Waals surface area (Å²) >= 11 is 0. The minimum Gasteiger partial charge on any atom is -0.494 e. The Kier molecular flexibility index (Phi) is 7.68. The zero-order chi connectivity index (χ0) is 26.0. The highest BCUT2D eigenvalue weighted by Gasteiger charge is 2.34. The molecule has 0 aliphatic carbocycles. The first kappa shape index (κ1) is 26.4. The van der Waals surface area contributed by atoms with Crippen molar-refractivity contribution >= 4 is 12.0 Å². The van der Waals surface area contributed by atoms with E-state index in [2.05, 4.69) is 45.0 Å². The molecule has 1 saturated heterocycles. The van der Waals surface area contributed by atoms with Gasteiger partial charge in [-0.05, 0) is 61.1 Å². The van der Waals surface area contributed by atoms with Gasteiger partial charge in [0.25, 0.3) is 0 Å². The monoisotopic (exact) mass is 482 g/mol. The van der Waals surface area contributed by atoms with Crippen molar-refractivity contribution in [1.82, 2.24) is 9.80 Å². The average Bonchev–Trinajstić information content (AvgIpc) is 3.03. The molecule has 2 amide bonds. The van der Waals surface area contributed by atoms with Crippen LogP contribution in [-0.2, 0) is 16.8 Å². The van der Waals surface area contributed by atoms with Gasteiger partial charge in [-0.25, -0.2) is 9.59 Å². The van der Waals surface area contributed by atoms with Crippen LogP contribution in [0.5, 0.6) is 11.5 Å². The topological polar surface area (TPSA) is 79.3 Å². The Morgan fingerprint density at radius 2 is 1.74 bits per heavy atom. The van der Waals surface area contributed by atoms with Gasteiger partial charge in [0.15, 0.2) is 5.60 Å². The molecule has 0 bridgehead atoms. The maximum absolute atomic E-state index is 12.8. The molecule has 7 nitrogen and oxygen atoms in total. The van der Waals surface area contributed by atoms with Crippen LogP contribution in [0.15, 0.2) is 42.5 Å². The molecular formula is C28H38N2O5. The smallest absolute Gasteiger partial charge is 0.347 e. The van der Waals surface area contributed by atoms with Crippen molar-refractivity contribution in [3.8, 4) is 11.5 Å². The third kappa shape index (κ3) is 6.47. The lowest BCUT2D eigenvalue weighted by molar-refractivity contribution is -0.152. The highest BCUT2D eigenvalue weighted by atomic mass is 16.5. The Bertz CT molecular complexity index is 1060. The zero-order valence-corrected chi connectivity index (χ0v) is 21.9. The number of amides is 2. The van der Waals surface area contributed by atoms with E-state index in [1.807, 2.05) is 24.9 Å². The number of hydrogen-bond acceptors (Lipinski definition) is 4. The molecule has 0 spiro atoms. The minimum atomic E-state index is -1.31. The van der Waals surface area contributed by atoms with Gasteiger partial charge in [-0.3, -0.25) is 0 Å². The normalized spacial score (nSPS) is 16.5. The molecule has 0 saturated carbocycles. The summed E-state index contributed by atoms with van der Waals surface area (Å²) in [6, 6.07) is 14.0. The van der Waals surface area contributed by atoms with Gasteiger partial charge >= 0.3 is 12.0 Å². The van der Waals surface area contributed by atoms with E-state index in [0.717, 1.165) is 11.1 Å². The van der Waals surface area contributed by atoms with Crippen LogP contribution in [0, 0.1) is 6.92 Å². The number of carboxylic acids is 1. The Hall–Kier alpha value is -3.22. The standard InChI is InChI=1S/C28H38N2O5/c1-19-16-23(12-13-24(19)35-28(5,6)25(31)32)34-15-14-22-18-30(26(33)29(22)7)17-20-8-10-21(11-9-20)27(2,3)4/h8-13,16,22H,14-15,17-18H2,1-7H3,(H,31,32)/t22-/m0/s1. The fraction of sp³-hybridized carbons (Fsp3) is 0.500. The predicted octanol–water partition coefficient (Wildman–Crippen LogP) is 5.24. The maximum atomic E-state index is 12.8.